The van der Waals surface area contributed by atoms with E-state index < -0.39 is 12.0 Å². The Morgan fingerprint density at radius 1 is 1.25 bits per heavy atom. The van der Waals surface area contributed by atoms with E-state index in [2.05, 4.69) is 12.2 Å². The number of carboxylic acid groups (broad SMARTS) is 1. The highest BCUT2D eigenvalue weighted by Gasteiger charge is 2.11. The van der Waals surface area contributed by atoms with Crippen LogP contribution >= 0.6 is 0 Å². The van der Waals surface area contributed by atoms with Gasteiger partial charge in [-0.25, -0.2) is 0 Å². The van der Waals surface area contributed by atoms with Gasteiger partial charge < -0.3 is 16.2 Å². The molecule has 0 fully saturated rings. The molecule has 0 aliphatic carbocycles. The highest BCUT2D eigenvalue weighted by molar-refractivity contribution is 5.78. The first-order chi connectivity index (χ1) is 7.57. The lowest BCUT2D eigenvalue weighted by Crippen LogP contribution is -2.42. The van der Waals surface area contributed by atoms with Crippen molar-refractivity contribution < 1.29 is 14.7 Å². The average Bonchev–Trinajstić information content (AvgIpc) is 2.25. The lowest BCUT2D eigenvalue weighted by atomic mass is 10.1. The van der Waals surface area contributed by atoms with Crippen LogP contribution in [0.5, 0.6) is 0 Å². The van der Waals surface area contributed by atoms with Gasteiger partial charge in [-0.05, 0) is 6.42 Å². The fraction of sp³-hybridized carbons (Fsp3) is 0.818. The van der Waals surface area contributed by atoms with E-state index >= 15 is 0 Å². The number of amides is 1. The molecule has 0 aromatic heterocycles. The van der Waals surface area contributed by atoms with E-state index in [0.717, 1.165) is 19.3 Å². The first kappa shape index (κ1) is 14.9. The molecule has 4 N–H and O–H groups in total. The lowest BCUT2D eigenvalue weighted by molar-refractivity contribution is -0.138. The van der Waals surface area contributed by atoms with Crippen molar-refractivity contribution >= 4 is 11.9 Å². The predicted octanol–water partition coefficient (Wildman–Crippen LogP) is 0.875. The molecular formula is C11H22N2O3. The summed E-state index contributed by atoms with van der Waals surface area (Å²) in [6, 6.07) is -1.01. The van der Waals surface area contributed by atoms with Crippen LogP contribution in [0.4, 0.5) is 0 Å². The number of unbranched alkanes of at least 4 members (excludes halogenated alkanes) is 4. The summed E-state index contributed by atoms with van der Waals surface area (Å²) in [5.41, 5.74) is 5.24. The van der Waals surface area contributed by atoms with Crippen molar-refractivity contribution in [1.29, 1.82) is 0 Å². The van der Waals surface area contributed by atoms with Gasteiger partial charge >= 0.3 is 5.97 Å². The molecule has 1 atom stereocenters. The summed E-state index contributed by atoms with van der Waals surface area (Å²) in [5.74, 6) is -1.21. The molecule has 16 heavy (non-hydrogen) atoms. The quantitative estimate of drug-likeness (QED) is 0.512. The second-order valence-electron chi connectivity index (χ2n) is 3.91. The highest BCUT2D eigenvalue weighted by Crippen LogP contribution is 2.04. The van der Waals surface area contributed by atoms with E-state index in [4.69, 9.17) is 10.8 Å². The Hall–Kier alpha value is -1.10. The van der Waals surface area contributed by atoms with Gasteiger partial charge in [-0.15, -0.1) is 0 Å². The van der Waals surface area contributed by atoms with Gasteiger partial charge in [0.25, 0.3) is 0 Å². The normalized spacial score (nSPS) is 12.1. The predicted molar refractivity (Wildman–Crippen MR) is 62.0 cm³/mol. The number of nitrogens with two attached hydrogens (primary N) is 1. The molecule has 94 valence electrons. The van der Waals surface area contributed by atoms with Crippen molar-refractivity contribution in [3.63, 3.8) is 0 Å². The highest BCUT2D eigenvalue weighted by atomic mass is 16.4. The van der Waals surface area contributed by atoms with Crippen molar-refractivity contribution in [2.45, 2.75) is 51.5 Å². The van der Waals surface area contributed by atoms with Gasteiger partial charge in [0.1, 0.15) is 6.04 Å². The van der Waals surface area contributed by atoms with Crippen molar-refractivity contribution in [3.8, 4) is 0 Å². The minimum absolute atomic E-state index is 0.00310. The SMILES string of the molecule is CCCCCCCC(=O)NC[C@H](N)C(=O)O. The first-order valence-corrected chi connectivity index (χ1v) is 5.83. The van der Waals surface area contributed by atoms with E-state index in [1.165, 1.54) is 12.8 Å². The molecule has 0 aliphatic rings. The van der Waals surface area contributed by atoms with Gasteiger partial charge in [-0.3, -0.25) is 9.59 Å². The molecule has 0 bridgehead atoms. The number of carbonyl (C=O) groups excluding carboxylic acids is 1. The van der Waals surface area contributed by atoms with Crippen molar-refractivity contribution in [2.75, 3.05) is 6.54 Å². The summed E-state index contributed by atoms with van der Waals surface area (Å²) in [7, 11) is 0. The number of nitrogens with one attached hydrogen (secondary N) is 1. The third-order valence-corrected chi connectivity index (χ3v) is 2.34. The molecule has 0 aromatic rings. The molecule has 0 aliphatic heterocycles. The molecule has 0 spiro atoms. The lowest BCUT2D eigenvalue weighted by Gasteiger charge is -2.08. The van der Waals surface area contributed by atoms with Crippen LogP contribution < -0.4 is 11.1 Å². The maximum Gasteiger partial charge on any atom is 0.322 e. The monoisotopic (exact) mass is 230 g/mol. The topological polar surface area (TPSA) is 92.4 Å². The van der Waals surface area contributed by atoms with Crippen molar-refractivity contribution in [2.24, 2.45) is 5.73 Å². The summed E-state index contributed by atoms with van der Waals surface area (Å²) in [6.45, 7) is 2.14. The third-order valence-electron chi connectivity index (χ3n) is 2.34. The van der Waals surface area contributed by atoms with E-state index in [1.54, 1.807) is 0 Å². The number of carboxylic acids is 1. The van der Waals surface area contributed by atoms with Gasteiger partial charge in [0.2, 0.25) is 5.91 Å². The number of hydrogen-bond acceptors (Lipinski definition) is 3. The molecule has 0 radical (unpaired) electrons. The number of carbonyl (C=O) groups is 2. The molecule has 0 saturated heterocycles. The Morgan fingerprint density at radius 2 is 1.88 bits per heavy atom. The zero-order valence-electron chi connectivity index (χ0n) is 9.87. The Morgan fingerprint density at radius 3 is 2.44 bits per heavy atom. The summed E-state index contributed by atoms with van der Waals surface area (Å²) in [6.07, 6.45) is 5.89. The van der Waals surface area contributed by atoms with Crippen LogP contribution in [0, 0.1) is 0 Å². The smallest absolute Gasteiger partial charge is 0.322 e. The molecule has 0 unspecified atom stereocenters. The van der Waals surface area contributed by atoms with Gasteiger partial charge in [0, 0.05) is 13.0 Å². The molecule has 5 nitrogen and oxygen atoms in total. The summed E-state index contributed by atoms with van der Waals surface area (Å²) >= 11 is 0. The number of hydrogen-bond donors (Lipinski definition) is 3. The van der Waals surface area contributed by atoms with Gasteiger partial charge in [-0.1, -0.05) is 32.6 Å². The van der Waals surface area contributed by atoms with E-state index in [9.17, 15) is 9.59 Å². The van der Waals surface area contributed by atoms with Crippen LogP contribution in [0.2, 0.25) is 0 Å². The first-order valence-electron chi connectivity index (χ1n) is 5.83. The molecule has 5 heteroatoms. The molecule has 0 heterocycles. The summed E-state index contributed by atoms with van der Waals surface area (Å²) in [5, 5.41) is 11.0. The second kappa shape index (κ2) is 9.15. The van der Waals surface area contributed by atoms with Crippen molar-refractivity contribution in [1.82, 2.24) is 5.32 Å². The van der Waals surface area contributed by atoms with Crippen LogP contribution in [0.25, 0.3) is 0 Å². The molecule has 0 rings (SSSR count). The Labute approximate surface area is 96.4 Å². The third kappa shape index (κ3) is 8.23. The van der Waals surface area contributed by atoms with Gasteiger partial charge in [0.05, 0.1) is 0 Å². The average molecular weight is 230 g/mol. The Kier molecular flexibility index (Phi) is 8.52. The Bertz CT molecular complexity index is 219. The fourth-order valence-electron chi connectivity index (χ4n) is 1.29. The molecule has 0 saturated carbocycles. The fourth-order valence-corrected chi connectivity index (χ4v) is 1.29. The molecular weight excluding hydrogens is 208 g/mol. The van der Waals surface area contributed by atoms with Gasteiger partial charge in [-0.2, -0.15) is 0 Å². The van der Waals surface area contributed by atoms with Crippen LogP contribution in [-0.2, 0) is 9.59 Å². The van der Waals surface area contributed by atoms with E-state index in [-0.39, 0.29) is 12.5 Å². The maximum atomic E-state index is 11.2. The molecule has 0 aromatic carbocycles. The van der Waals surface area contributed by atoms with E-state index in [1.807, 2.05) is 0 Å². The zero-order chi connectivity index (χ0) is 12.4. The largest absolute Gasteiger partial charge is 0.480 e. The standard InChI is InChI=1S/C11H22N2O3/c1-2-3-4-5-6-7-10(14)13-8-9(12)11(15)16/h9H,2-8,12H2,1H3,(H,13,14)(H,15,16)/t9-/m0/s1. The maximum absolute atomic E-state index is 11.2. The van der Waals surface area contributed by atoms with Crippen LogP contribution in [0.3, 0.4) is 0 Å². The minimum atomic E-state index is -1.09. The number of rotatable bonds is 9. The Balaban J connectivity index is 3.41. The summed E-state index contributed by atoms with van der Waals surface area (Å²) < 4.78 is 0. The van der Waals surface area contributed by atoms with E-state index in [0.29, 0.717) is 6.42 Å². The zero-order valence-corrected chi connectivity index (χ0v) is 9.87. The summed E-state index contributed by atoms with van der Waals surface area (Å²) in [4.78, 5) is 21.6. The van der Waals surface area contributed by atoms with Gasteiger partial charge in [0.15, 0.2) is 0 Å². The van der Waals surface area contributed by atoms with Crippen molar-refractivity contribution in [3.05, 3.63) is 0 Å². The second-order valence-corrected chi connectivity index (χ2v) is 3.91. The van der Waals surface area contributed by atoms with Crippen LogP contribution in [0.1, 0.15) is 45.4 Å². The van der Waals surface area contributed by atoms with Crippen LogP contribution in [-0.4, -0.2) is 29.6 Å². The number of aliphatic carboxylic acids is 1. The molecule has 1 amide bonds. The minimum Gasteiger partial charge on any atom is -0.480 e. The van der Waals surface area contributed by atoms with Crippen LogP contribution in [0.15, 0.2) is 0 Å².